The van der Waals surface area contributed by atoms with Gasteiger partial charge < -0.3 is 20.9 Å². The molecule has 0 aromatic carbocycles. The molecule has 0 aliphatic heterocycles. The van der Waals surface area contributed by atoms with Gasteiger partial charge in [0.1, 0.15) is 5.65 Å². The fourth-order valence-corrected chi connectivity index (χ4v) is 3.33. The predicted molar refractivity (Wildman–Crippen MR) is 97.2 cm³/mol. The zero-order valence-electron chi connectivity index (χ0n) is 14.3. The molecular weight excluding hydrogens is 302 g/mol. The number of aromatic nitrogens is 2. The maximum Gasteiger partial charge on any atom is 0.319 e. The van der Waals surface area contributed by atoms with Crippen LogP contribution < -0.4 is 16.0 Å². The summed E-state index contributed by atoms with van der Waals surface area (Å²) in [5, 5.41) is 10.6. The summed E-state index contributed by atoms with van der Waals surface area (Å²) >= 11 is 0. The minimum atomic E-state index is -0.137. The number of anilines is 1. The van der Waals surface area contributed by atoms with Crippen LogP contribution in [0.5, 0.6) is 0 Å². The third-order valence-corrected chi connectivity index (χ3v) is 4.73. The first kappa shape index (κ1) is 16.8. The maximum atomic E-state index is 12.2. The number of hydrogen-bond donors (Lipinski definition) is 4. The summed E-state index contributed by atoms with van der Waals surface area (Å²) in [6, 6.07) is 4.55. The van der Waals surface area contributed by atoms with Crippen LogP contribution >= 0.6 is 0 Å². The van der Waals surface area contributed by atoms with Crippen LogP contribution in [0.3, 0.4) is 0 Å². The summed E-state index contributed by atoms with van der Waals surface area (Å²) in [5.41, 5.74) is 1.55. The van der Waals surface area contributed by atoms with Crippen molar-refractivity contribution in [1.29, 1.82) is 0 Å². The monoisotopic (exact) mass is 329 g/mol. The van der Waals surface area contributed by atoms with Crippen LogP contribution in [-0.4, -0.2) is 34.6 Å². The van der Waals surface area contributed by atoms with E-state index in [-0.39, 0.29) is 12.1 Å². The summed E-state index contributed by atoms with van der Waals surface area (Å²) in [6.07, 6.45) is 10.3. The number of fused-ring (bicyclic) bond motifs is 1. The van der Waals surface area contributed by atoms with Crippen molar-refractivity contribution in [3.05, 3.63) is 24.5 Å². The Hall–Kier alpha value is -2.08. The Morgan fingerprint density at radius 1 is 1.29 bits per heavy atom. The van der Waals surface area contributed by atoms with Crippen molar-refractivity contribution in [3.63, 3.8) is 0 Å². The van der Waals surface area contributed by atoms with Crippen LogP contribution in [0.4, 0.5) is 10.5 Å². The number of carbonyl (C=O) groups is 1. The lowest BCUT2D eigenvalue weighted by Crippen LogP contribution is -2.43. The van der Waals surface area contributed by atoms with Crippen LogP contribution in [0.2, 0.25) is 0 Å². The van der Waals surface area contributed by atoms with Crippen molar-refractivity contribution in [1.82, 2.24) is 20.6 Å². The molecule has 6 nitrogen and oxygen atoms in total. The molecule has 0 unspecified atom stereocenters. The molecule has 1 aliphatic carbocycles. The molecule has 1 fully saturated rings. The van der Waals surface area contributed by atoms with Crippen molar-refractivity contribution >= 4 is 22.8 Å². The molecule has 2 amide bonds. The minimum Gasteiger partial charge on any atom is -0.344 e. The van der Waals surface area contributed by atoms with Crippen molar-refractivity contribution in [2.45, 2.75) is 57.5 Å². The largest absolute Gasteiger partial charge is 0.344 e. The van der Waals surface area contributed by atoms with Gasteiger partial charge in [-0.05, 0) is 50.8 Å². The molecule has 4 N–H and O–H groups in total. The number of nitrogens with one attached hydrogen (secondary N) is 4. The zero-order chi connectivity index (χ0) is 16.8. The Morgan fingerprint density at radius 2 is 2.08 bits per heavy atom. The summed E-state index contributed by atoms with van der Waals surface area (Å²) in [5.74, 6) is 0. The highest BCUT2D eigenvalue weighted by atomic mass is 16.2. The van der Waals surface area contributed by atoms with Gasteiger partial charge in [0.15, 0.2) is 0 Å². The molecule has 0 bridgehead atoms. The van der Waals surface area contributed by atoms with E-state index in [1.807, 2.05) is 12.1 Å². The highest BCUT2D eigenvalue weighted by Crippen LogP contribution is 2.22. The minimum absolute atomic E-state index is 0.137. The summed E-state index contributed by atoms with van der Waals surface area (Å²) in [6.45, 7) is 3.32. The van der Waals surface area contributed by atoms with Crippen LogP contribution in [0.25, 0.3) is 11.0 Å². The molecular formula is C18H27N5O. The molecule has 1 saturated carbocycles. The van der Waals surface area contributed by atoms with Gasteiger partial charge in [-0.1, -0.05) is 13.3 Å². The first-order valence-electron chi connectivity index (χ1n) is 8.99. The van der Waals surface area contributed by atoms with E-state index >= 15 is 0 Å². The topological polar surface area (TPSA) is 81.8 Å². The smallest absolute Gasteiger partial charge is 0.319 e. The lowest BCUT2D eigenvalue weighted by molar-refractivity contribution is 0.240. The van der Waals surface area contributed by atoms with Crippen molar-refractivity contribution < 1.29 is 4.79 Å². The predicted octanol–water partition coefficient (Wildman–Crippen LogP) is 3.39. The molecule has 0 spiro atoms. The van der Waals surface area contributed by atoms with E-state index in [1.165, 1.54) is 12.8 Å². The van der Waals surface area contributed by atoms with E-state index in [4.69, 9.17) is 0 Å². The van der Waals surface area contributed by atoms with E-state index in [0.717, 1.165) is 48.9 Å². The average Bonchev–Trinajstić information content (AvgIpc) is 3.00. The summed E-state index contributed by atoms with van der Waals surface area (Å²) in [4.78, 5) is 19.5. The lowest BCUT2D eigenvalue weighted by atomic mass is 9.91. The van der Waals surface area contributed by atoms with Crippen LogP contribution in [0, 0.1) is 0 Å². The second-order valence-corrected chi connectivity index (χ2v) is 6.56. The Morgan fingerprint density at radius 3 is 2.88 bits per heavy atom. The number of unbranched alkanes of at least 4 members (excludes halogenated alkanes) is 1. The van der Waals surface area contributed by atoms with Crippen molar-refractivity contribution in [3.8, 4) is 0 Å². The van der Waals surface area contributed by atoms with Gasteiger partial charge in [0, 0.05) is 29.9 Å². The van der Waals surface area contributed by atoms with Crippen molar-refractivity contribution in [2.75, 3.05) is 11.9 Å². The van der Waals surface area contributed by atoms with Gasteiger partial charge in [-0.25, -0.2) is 9.78 Å². The van der Waals surface area contributed by atoms with Gasteiger partial charge in [0.2, 0.25) is 0 Å². The molecule has 2 aromatic heterocycles. The van der Waals surface area contributed by atoms with E-state index in [9.17, 15) is 4.79 Å². The van der Waals surface area contributed by atoms with Gasteiger partial charge in [-0.15, -0.1) is 0 Å². The molecule has 6 heteroatoms. The molecule has 24 heavy (non-hydrogen) atoms. The first-order valence-corrected chi connectivity index (χ1v) is 8.99. The average molecular weight is 329 g/mol. The van der Waals surface area contributed by atoms with E-state index in [2.05, 4.69) is 32.8 Å². The molecule has 0 saturated heterocycles. The van der Waals surface area contributed by atoms with Gasteiger partial charge in [-0.2, -0.15) is 0 Å². The lowest BCUT2D eigenvalue weighted by Gasteiger charge is -2.29. The highest BCUT2D eigenvalue weighted by Gasteiger charge is 2.22. The zero-order valence-corrected chi connectivity index (χ0v) is 14.3. The molecule has 0 atom stereocenters. The number of hydrogen-bond acceptors (Lipinski definition) is 3. The molecule has 0 radical (unpaired) electrons. The fourth-order valence-electron chi connectivity index (χ4n) is 3.33. The van der Waals surface area contributed by atoms with Gasteiger partial charge in [0.25, 0.3) is 0 Å². The molecule has 3 rings (SSSR count). The third-order valence-electron chi connectivity index (χ3n) is 4.73. The fraction of sp³-hybridized carbons (Fsp3) is 0.556. The summed E-state index contributed by atoms with van der Waals surface area (Å²) in [7, 11) is 0. The first-order chi connectivity index (χ1) is 11.8. The summed E-state index contributed by atoms with van der Waals surface area (Å²) < 4.78 is 0. The van der Waals surface area contributed by atoms with Crippen LogP contribution in [0.15, 0.2) is 24.5 Å². The Kier molecular flexibility index (Phi) is 5.69. The van der Waals surface area contributed by atoms with Gasteiger partial charge >= 0.3 is 6.03 Å². The number of rotatable bonds is 6. The van der Waals surface area contributed by atoms with Crippen molar-refractivity contribution in [2.24, 2.45) is 0 Å². The second-order valence-electron chi connectivity index (χ2n) is 6.56. The SMILES string of the molecule is CCCCNC1CCC(NC(=O)Nc2c[nH]c3ncccc23)CC1. The van der Waals surface area contributed by atoms with Gasteiger partial charge in [-0.3, -0.25) is 0 Å². The molecule has 2 heterocycles. The van der Waals surface area contributed by atoms with Gasteiger partial charge in [0.05, 0.1) is 5.69 Å². The number of urea groups is 1. The number of carbonyl (C=O) groups excluding carboxylic acids is 1. The third kappa shape index (κ3) is 4.26. The second kappa shape index (κ2) is 8.15. The Balaban J connectivity index is 1.44. The van der Waals surface area contributed by atoms with Crippen LogP contribution in [0.1, 0.15) is 45.4 Å². The standard InChI is InChI=1S/C18H27N5O/c1-2-3-10-19-13-6-8-14(9-7-13)22-18(24)23-16-12-21-17-15(16)5-4-11-20-17/h4-5,11-14,19H,2-3,6-10H2,1H3,(H,20,21)(H2,22,23,24). The highest BCUT2D eigenvalue weighted by molar-refractivity contribution is 5.99. The van der Waals surface area contributed by atoms with E-state index < -0.39 is 0 Å². The van der Waals surface area contributed by atoms with E-state index in [1.54, 1.807) is 12.4 Å². The normalized spacial score (nSPS) is 20.9. The maximum absolute atomic E-state index is 12.2. The van der Waals surface area contributed by atoms with Crippen LogP contribution in [-0.2, 0) is 0 Å². The number of amides is 2. The molecule has 2 aromatic rings. The van der Waals surface area contributed by atoms with E-state index in [0.29, 0.717) is 6.04 Å². The number of nitrogens with zero attached hydrogens (tertiary/aromatic N) is 1. The number of aromatic amines is 1. The number of pyridine rings is 1. The Bertz CT molecular complexity index is 660. The Labute approximate surface area is 142 Å². The molecule has 130 valence electrons. The quantitative estimate of drug-likeness (QED) is 0.613. The number of H-pyrrole nitrogens is 1. The molecule has 1 aliphatic rings.